The SMILES string of the molecule is Cc1cccc(-n2ccnc2SCc2nc3ccccc3nc2C)c1. The Morgan fingerprint density at radius 1 is 0.960 bits per heavy atom. The Labute approximate surface area is 151 Å². The molecule has 0 aliphatic rings. The van der Waals surface area contributed by atoms with Gasteiger partial charge in [-0.2, -0.15) is 0 Å². The molecular formula is C20H18N4S. The number of fused-ring (bicyclic) bond motifs is 1. The summed E-state index contributed by atoms with van der Waals surface area (Å²) < 4.78 is 2.11. The van der Waals surface area contributed by atoms with Crippen molar-refractivity contribution in [1.82, 2.24) is 19.5 Å². The topological polar surface area (TPSA) is 43.6 Å². The van der Waals surface area contributed by atoms with E-state index in [1.54, 1.807) is 11.8 Å². The van der Waals surface area contributed by atoms with Crippen LogP contribution in [0.2, 0.25) is 0 Å². The minimum Gasteiger partial charge on any atom is -0.295 e. The highest BCUT2D eigenvalue weighted by atomic mass is 32.2. The number of imidazole rings is 1. The van der Waals surface area contributed by atoms with Gasteiger partial charge < -0.3 is 0 Å². The highest BCUT2D eigenvalue weighted by Crippen LogP contribution is 2.25. The molecule has 0 spiro atoms. The second-order valence-electron chi connectivity index (χ2n) is 5.95. The largest absolute Gasteiger partial charge is 0.295 e. The molecule has 0 aliphatic heterocycles. The van der Waals surface area contributed by atoms with Crippen molar-refractivity contribution in [2.45, 2.75) is 24.8 Å². The molecule has 0 saturated heterocycles. The van der Waals surface area contributed by atoms with Gasteiger partial charge in [0.15, 0.2) is 5.16 Å². The summed E-state index contributed by atoms with van der Waals surface area (Å²) in [5.41, 5.74) is 6.21. The number of thioether (sulfide) groups is 1. The highest BCUT2D eigenvalue weighted by Gasteiger charge is 2.10. The van der Waals surface area contributed by atoms with E-state index in [-0.39, 0.29) is 0 Å². The minimum atomic E-state index is 0.743. The molecule has 0 amide bonds. The summed E-state index contributed by atoms with van der Waals surface area (Å²) in [7, 11) is 0. The fourth-order valence-corrected chi connectivity index (χ4v) is 3.75. The molecule has 25 heavy (non-hydrogen) atoms. The lowest BCUT2D eigenvalue weighted by atomic mass is 10.2. The van der Waals surface area contributed by atoms with Gasteiger partial charge in [-0.05, 0) is 43.7 Å². The number of hydrogen-bond donors (Lipinski definition) is 0. The zero-order valence-corrected chi connectivity index (χ0v) is 15.0. The molecule has 2 aromatic carbocycles. The molecular weight excluding hydrogens is 328 g/mol. The monoisotopic (exact) mass is 346 g/mol. The predicted octanol–water partition coefficient (Wildman–Crippen LogP) is 4.72. The first-order valence-corrected chi connectivity index (χ1v) is 9.15. The maximum Gasteiger partial charge on any atom is 0.172 e. The van der Waals surface area contributed by atoms with Crippen molar-refractivity contribution in [2.75, 3.05) is 0 Å². The molecule has 0 atom stereocenters. The van der Waals surface area contributed by atoms with Crippen LogP contribution in [0.1, 0.15) is 17.0 Å². The normalized spacial score (nSPS) is 11.1. The highest BCUT2D eigenvalue weighted by molar-refractivity contribution is 7.98. The zero-order valence-electron chi connectivity index (χ0n) is 14.2. The van der Waals surface area contributed by atoms with E-state index in [1.165, 1.54) is 5.56 Å². The van der Waals surface area contributed by atoms with Crippen molar-refractivity contribution in [3.8, 4) is 5.69 Å². The Bertz CT molecular complexity index is 1040. The summed E-state index contributed by atoms with van der Waals surface area (Å²) >= 11 is 1.68. The summed E-state index contributed by atoms with van der Waals surface area (Å²) in [4.78, 5) is 13.9. The number of para-hydroxylation sites is 2. The van der Waals surface area contributed by atoms with Gasteiger partial charge in [-0.1, -0.05) is 36.0 Å². The molecule has 0 saturated carbocycles. The first-order valence-electron chi connectivity index (χ1n) is 8.16. The number of rotatable bonds is 4. The van der Waals surface area contributed by atoms with Crippen molar-refractivity contribution in [3.63, 3.8) is 0 Å². The molecule has 0 radical (unpaired) electrons. The van der Waals surface area contributed by atoms with E-state index < -0.39 is 0 Å². The standard InChI is InChI=1S/C20H18N4S/c1-14-6-5-7-16(12-14)24-11-10-21-20(24)25-13-19-15(2)22-17-8-3-4-9-18(17)23-19/h3-12H,13H2,1-2H3. The summed E-state index contributed by atoms with van der Waals surface area (Å²) in [6.07, 6.45) is 3.83. The smallest absolute Gasteiger partial charge is 0.172 e. The van der Waals surface area contributed by atoms with Crippen LogP contribution < -0.4 is 0 Å². The third-order valence-electron chi connectivity index (χ3n) is 4.07. The average molecular weight is 346 g/mol. The van der Waals surface area contributed by atoms with Crippen LogP contribution in [-0.2, 0) is 5.75 Å². The van der Waals surface area contributed by atoms with E-state index >= 15 is 0 Å². The third-order valence-corrected chi connectivity index (χ3v) is 5.05. The van der Waals surface area contributed by atoms with Crippen molar-refractivity contribution >= 4 is 22.8 Å². The van der Waals surface area contributed by atoms with Crippen LogP contribution in [0.3, 0.4) is 0 Å². The fraction of sp³-hybridized carbons (Fsp3) is 0.150. The number of aromatic nitrogens is 4. The van der Waals surface area contributed by atoms with Gasteiger partial charge in [0, 0.05) is 23.8 Å². The molecule has 0 unspecified atom stereocenters. The van der Waals surface area contributed by atoms with Gasteiger partial charge >= 0.3 is 0 Å². The average Bonchev–Trinajstić information content (AvgIpc) is 3.08. The van der Waals surface area contributed by atoms with Crippen LogP contribution in [0.15, 0.2) is 66.1 Å². The van der Waals surface area contributed by atoms with Gasteiger partial charge in [-0.25, -0.2) is 15.0 Å². The molecule has 2 heterocycles. The molecule has 2 aromatic heterocycles. The minimum absolute atomic E-state index is 0.743. The first-order chi connectivity index (χ1) is 12.2. The lowest BCUT2D eigenvalue weighted by Crippen LogP contribution is -1.99. The molecule has 0 aliphatic carbocycles. The molecule has 4 aromatic rings. The van der Waals surface area contributed by atoms with Gasteiger partial charge in [-0.3, -0.25) is 4.57 Å². The maximum atomic E-state index is 4.77. The second-order valence-corrected chi connectivity index (χ2v) is 6.89. The van der Waals surface area contributed by atoms with E-state index in [0.29, 0.717) is 0 Å². The first kappa shape index (κ1) is 15.8. The Morgan fingerprint density at radius 2 is 1.76 bits per heavy atom. The van der Waals surface area contributed by atoms with Crippen LogP contribution in [0, 0.1) is 13.8 Å². The van der Waals surface area contributed by atoms with Crippen LogP contribution in [0.25, 0.3) is 16.7 Å². The van der Waals surface area contributed by atoms with E-state index in [2.05, 4.69) is 45.7 Å². The van der Waals surface area contributed by atoms with Crippen molar-refractivity contribution in [3.05, 3.63) is 77.9 Å². The third kappa shape index (κ3) is 3.28. The fourth-order valence-electron chi connectivity index (χ4n) is 2.77. The number of hydrogen-bond acceptors (Lipinski definition) is 4. The molecule has 0 N–H and O–H groups in total. The Morgan fingerprint density at radius 3 is 2.56 bits per heavy atom. The lowest BCUT2D eigenvalue weighted by molar-refractivity contribution is 0.892. The van der Waals surface area contributed by atoms with Gasteiger partial charge in [0.1, 0.15) is 0 Å². The van der Waals surface area contributed by atoms with Crippen LogP contribution in [0.4, 0.5) is 0 Å². The van der Waals surface area contributed by atoms with Crippen LogP contribution in [-0.4, -0.2) is 19.5 Å². The van der Waals surface area contributed by atoms with Gasteiger partial charge in [0.25, 0.3) is 0 Å². The zero-order chi connectivity index (χ0) is 17.2. The Kier molecular flexibility index (Phi) is 4.24. The van der Waals surface area contributed by atoms with Crippen molar-refractivity contribution < 1.29 is 0 Å². The van der Waals surface area contributed by atoms with Gasteiger partial charge in [0.2, 0.25) is 0 Å². The van der Waals surface area contributed by atoms with Gasteiger partial charge in [-0.15, -0.1) is 0 Å². The summed E-state index contributed by atoms with van der Waals surface area (Å²) in [6.45, 7) is 4.11. The van der Waals surface area contributed by atoms with Crippen LogP contribution >= 0.6 is 11.8 Å². The summed E-state index contributed by atoms with van der Waals surface area (Å²) in [6, 6.07) is 16.4. The van der Waals surface area contributed by atoms with Crippen molar-refractivity contribution in [1.29, 1.82) is 0 Å². The second kappa shape index (κ2) is 6.69. The molecule has 124 valence electrons. The summed E-state index contributed by atoms with van der Waals surface area (Å²) in [5.74, 6) is 0.743. The molecule has 4 nitrogen and oxygen atoms in total. The molecule has 4 rings (SSSR count). The maximum absolute atomic E-state index is 4.77. The van der Waals surface area contributed by atoms with Gasteiger partial charge in [0.05, 0.1) is 22.4 Å². The lowest BCUT2D eigenvalue weighted by Gasteiger charge is -2.09. The van der Waals surface area contributed by atoms with Crippen molar-refractivity contribution in [2.24, 2.45) is 0 Å². The quantitative estimate of drug-likeness (QED) is 0.501. The summed E-state index contributed by atoms with van der Waals surface area (Å²) in [5, 5.41) is 0.958. The van der Waals surface area contributed by atoms with Crippen LogP contribution in [0.5, 0.6) is 0 Å². The molecule has 0 bridgehead atoms. The predicted molar refractivity (Wildman–Crippen MR) is 102 cm³/mol. The Balaban J connectivity index is 1.60. The number of benzene rings is 2. The van der Waals surface area contributed by atoms with E-state index in [1.807, 2.05) is 43.6 Å². The van der Waals surface area contributed by atoms with E-state index in [4.69, 9.17) is 4.98 Å². The van der Waals surface area contributed by atoms with E-state index in [0.717, 1.165) is 39.0 Å². The molecule has 5 heteroatoms. The number of aryl methyl sites for hydroxylation is 2. The van der Waals surface area contributed by atoms with E-state index in [9.17, 15) is 0 Å². The Hall–Kier alpha value is -2.66. The molecule has 0 fully saturated rings. The number of nitrogens with zero attached hydrogens (tertiary/aromatic N) is 4.